The Bertz CT molecular complexity index is 303. The third kappa shape index (κ3) is 0.891. The Kier molecular flexibility index (Phi) is 1.82. The largest absolute Gasteiger partial charge is 0.468 e. The zero-order valence-corrected chi connectivity index (χ0v) is 9.22. The zero-order valence-electron chi connectivity index (χ0n) is 9.22. The van der Waals surface area contributed by atoms with E-state index in [1.54, 1.807) is 0 Å². The summed E-state index contributed by atoms with van der Waals surface area (Å²) in [5, 5.41) is 0. The molecule has 0 saturated heterocycles. The van der Waals surface area contributed by atoms with Gasteiger partial charge in [0.25, 0.3) is 0 Å². The van der Waals surface area contributed by atoms with Crippen molar-refractivity contribution in [1.29, 1.82) is 0 Å². The fourth-order valence-corrected chi connectivity index (χ4v) is 3.30. The average Bonchev–Trinajstić information content (AvgIpc) is 2.66. The fourth-order valence-electron chi connectivity index (χ4n) is 3.30. The molecule has 14 heavy (non-hydrogen) atoms. The van der Waals surface area contributed by atoms with Gasteiger partial charge in [0, 0.05) is 0 Å². The van der Waals surface area contributed by atoms with Crippen LogP contribution in [-0.4, -0.2) is 13.1 Å². The van der Waals surface area contributed by atoms with Crippen molar-refractivity contribution in [2.45, 2.75) is 33.1 Å². The van der Waals surface area contributed by atoms with Crippen molar-refractivity contribution in [3.8, 4) is 0 Å². The van der Waals surface area contributed by atoms with E-state index in [-0.39, 0.29) is 16.8 Å². The van der Waals surface area contributed by atoms with Crippen LogP contribution in [0.25, 0.3) is 0 Å². The van der Waals surface area contributed by atoms with Gasteiger partial charge in [-0.1, -0.05) is 26.0 Å². The van der Waals surface area contributed by atoms with Gasteiger partial charge < -0.3 is 4.74 Å². The Hall–Kier alpha value is -0.790. The summed E-state index contributed by atoms with van der Waals surface area (Å²) in [6.07, 6.45) is 3.03. The molecule has 2 heteroatoms. The lowest BCUT2D eigenvalue weighted by Gasteiger charge is -2.36. The Balaban J connectivity index is 2.40. The van der Waals surface area contributed by atoms with Crippen molar-refractivity contribution >= 4 is 5.97 Å². The van der Waals surface area contributed by atoms with Gasteiger partial charge in [0.1, 0.15) is 0 Å². The molecule has 0 aliphatic heterocycles. The quantitative estimate of drug-likeness (QED) is 0.473. The summed E-state index contributed by atoms with van der Waals surface area (Å²) < 4.78 is 4.92. The molecule has 0 aromatic heterocycles. The topological polar surface area (TPSA) is 26.3 Å². The van der Waals surface area contributed by atoms with E-state index in [9.17, 15) is 4.79 Å². The molecule has 0 N–H and O–H groups in total. The van der Waals surface area contributed by atoms with E-state index in [2.05, 4.69) is 20.4 Å². The molecule has 2 aliphatic rings. The summed E-state index contributed by atoms with van der Waals surface area (Å²) in [4.78, 5) is 11.8. The van der Waals surface area contributed by atoms with Crippen LogP contribution in [0, 0.1) is 16.7 Å². The highest BCUT2D eigenvalue weighted by atomic mass is 16.5. The van der Waals surface area contributed by atoms with Crippen molar-refractivity contribution in [2.75, 3.05) is 7.11 Å². The molecular formula is C12H18O2. The van der Waals surface area contributed by atoms with Gasteiger partial charge in [-0.25, -0.2) is 0 Å². The van der Waals surface area contributed by atoms with E-state index in [4.69, 9.17) is 4.74 Å². The van der Waals surface area contributed by atoms with E-state index in [0.29, 0.717) is 5.92 Å². The van der Waals surface area contributed by atoms with E-state index < -0.39 is 0 Å². The maximum absolute atomic E-state index is 11.8. The van der Waals surface area contributed by atoms with Crippen molar-refractivity contribution in [1.82, 2.24) is 0 Å². The molecule has 0 aromatic carbocycles. The number of carbonyl (C=O) groups is 1. The van der Waals surface area contributed by atoms with Crippen LogP contribution in [0.4, 0.5) is 0 Å². The average molecular weight is 194 g/mol. The van der Waals surface area contributed by atoms with Crippen molar-refractivity contribution in [2.24, 2.45) is 16.7 Å². The highest BCUT2D eigenvalue weighted by Crippen LogP contribution is 2.65. The number of carbonyl (C=O) groups excluding carboxylic acids is 1. The number of esters is 1. The van der Waals surface area contributed by atoms with Gasteiger partial charge in [-0.15, -0.1) is 0 Å². The third-order valence-electron chi connectivity index (χ3n) is 4.47. The lowest BCUT2D eigenvalue weighted by molar-refractivity contribution is -0.150. The number of hydrogen-bond acceptors (Lipinski definition) is 2. The predicted octanol–water partition coefficient (Wildman–Crippen LogP) is 2.54. The van der Waals surface area contributed by atoms with Crippen LogP contribution in [0.5, 0.6) is 0 Å². The van der Waals surface area contributed by atoms with Crippen LogP contribution in [-0.2, 0) is 9.53 Å². The number of fused-ring (bicyclic) bond motifs is 2. The minimum Gasteiger partial charge on any atom is -0.468 e. The number of ether oxygens (including phenoxy) is 1. The first-order valence-corrected chi connectivity index (χ1v) is 5.23. The van der Waals surface area contributed by atoms with Gasteiger partial charge in [0.05, 0.1) is 12.5 Å². The third-order valence-corrected chi connectivity index (χ3v) is 4.47. The SMILES string of the molecule is C=C1C2(C(=O)OC)CCC(C2)C1(C)C. The van der Waals surface area contributed by atoms with Gasteiger partial charge in [0.15, 0.2) is 0 Å². The van der Waals surface area contributed by atoms with Crippen LogP contribution in [0.1, 0.15) is 33.1 Å². The predicted molar refractivity (Wildman–Crippen MR) is 54.7 cm³/mol. The normalized spacial score (nSPS) is 38.8. The van der Waals surface area contributed by atoms with E-state index in [1.165, 1.54) is 7.11 Å². The molecule has 0 aromatic rings. The highest BCUT2D eigenvalue weighted by molar-refractivity contribution is 5.82. The second-order valence-electron chi connectivity index (χ2n) is 5.21. The smallest absolute Gasteiger partial charge is 0.315 e. The standard InChI is InChI=1S/C12H18O2/c1-8-11(2,3)9-5-6-12(8,7-9)10(13)14-4/h9H,1,5-7H2,2-4H3. The lowest BCUT2D eigenvalue weighted by Crippen LogP contribution is -2.34. The second-order valence-corrected chi connectivity index (χ2v) is 5.21. The first-order valence-electron chi connectivity index (χ1n) is 5.23. The monoisotopic (exact) mass is 194 g/mol. The van der Waals surface area contributed by atoms with Crippen LogP contribution in [0.3, 0.4) is 0 Å². The number of methoxy groups -OCH3 is 1. The summed E-state index contributed by atoms with van der Waals surface area (Å²) in [6.45, 7) is 8.53. The zero-order chi connectivity index (χ0) is 10.6. The van der Waals surface area contributed by atoms with Crippen molar-refractivity contribution in [3.63, 3.8) is 0 Å². The van der Waals surface area contributed by atoms with Crippen molar-refractivity contribution in [3.05, 3.63) is 12.2 Å². The molecule has 2 unspecified atom stereocenters. The minimum absolute atomic E-state index is 0.0735. The van der Waals surface area contributed by atoms with Crippen molar-refractivity contribution < 1.29 is 9.53 Å². The van der Waals surface area contributed by atoms with E-state index in [1.807, 2.05) is 0 Å². The maximum atomic E-state index is 11.8. The fraction of sp³-hybridized carbons (Fsp3) is 0.750. The Morgan fingerprint density at radius 2 is 2.21 bits per heavy atom. The summed E-state index contributed by atoms with van der Waals surface area (Å²) in [6, 6.07) is 0. The number of rotatable bonds is 1. The molecule has 0 amide bonds. The van der Waals surface area contributed by atoms with Gasteiger partial charge in [-0.2, -0.15) is 0 Å². The van der Waals surface area contributed by atoms with Crippen LogP contribution < -0.4 is 0 Å². The first kappa shape index (κ1) is 9.75. The number of hydrogen-bond donors (Lipinski definition) is 0. The molecule has 2 atom stereocenters. The van der Waals surface area contributed by atoms with Gasteiger partial charge in [0.2, 0.25) is 0 Å². The minimum atomic E-state index is -0.344. The Morgan fingerprint density at radius 3 is 2.64 bits per heavy atom. The molecule has 78 valence electrons. The first-order chi connectivity index (χ1) is 6.45. The molecule has 0 radical (unpaired) electrons. The highest BCUT2D eigenvalue weighted by Gasteiger charge is 2.61. The summed E-state index contributed by atoms with van der Waals surface area (Å²) >= 11 is 0. The van der Waals surface area contributed by atoms with Gasteiger partial charge in [-0.05, 0) is 30.6 Å². The summed E-state index contributed by atoms with van der Waals surface area (Å²) in [5.74, 6) is 0.546. The maximum Gasteiger partial charge on any atom is 0.315 e. The summed E-state index contributed by atoms with van der Waals surface area (Å²) in [5.41, 5.74) is 0.864. The lowest BCUT2D eigenvalue weighted by atomic mass is 9.68. The molecule has 2 nitrogen and oxygen atoms in total. The molecule has 0 heterocycles. The van der Waals surface area contributed by atoms with Crippen LogP contribution in [0.2, 0.25) is 0 Å². The van der Waals surface area contributed by atoms with Gasteiger partial charge in [-0.3, -0.25) is 4.79 Å². The molecule has 2 rings (SSSR count). The molecular weight excluding hydrogens is 176 g/mol. The van der Waals surface area contributed by atoms with Crippen LogP contribution >= 0.6 is 0 Å². The molecule has 2 bridgehead atoms. The van der Waals surface area contributed by atoms with Gasteiger partial charge >= 0.3 is 5.97 Å². The summed E-state index contributed by atoms with van der Waals surface area (Å²) in [7, 11) is 1.48. The Morgan fingerprint density at radius 1 is 1.57 bits per heavy atom. The molecule has 0 spiro atoms. The Labute approximate surface area is 85.3 Å². The molecule has 2 fully saturated rings. The van der Waals surface area contributed by atoms with E-state index in [0.717, 1.165) is 24.8 Å². The molecule has 2 aliphatic carbocycles. The second kappa shape index (κ2) is 2.62. The van der Waals surface area contributed by atoms with E-state index >= 15 is 0 Å². The van der Waals surface area contributed by atoms with Crippen LogP contribution in [0.15, 0.2) is 12.2 Å². The molecule has 2 saturated carbocycles.